The van der Waals surface area contributed by atoms with Crippen molar-refractivity contribution in [3.05, 3.63) is 29.8 Å². The Bertz CT molecular complexity index is 590. The topological polar surface area (TPSA) is 100 Å². The highest BCUT2D eigenvalue weighted by atomic mass is 16.7. The van der Waals surface area contributed by atoms with E-state index in [0.29, 0.717) is 11.3 Å². The number of carbonyl (C=O) groups excluding carboxylic acids is 2. The number of hydrogen-bond acceptors (Lipinski definition) is 7. The number of carbonyl (C=O) groups is 2. The van der Waals surface area contributed by atoms with Crippen molar-refractivity contribution in [3.8, 4) is 0 Å². The van der Waals surface area contributed by atoms with Crippen LogP contribution in [0.1, 0.15) is 33.3 Å². The van der Waals surface area contributed by atoms with Gasteiger partial charge in [0.1, 0.15) is 5.60 Å². The molecule has 0 aromatic heterocycles. The summed E-state index contributed by atoms with van der Waals surface area (Å²) >= 11 is 0. The highest BCUT2D eigenvalue weighted by molar-refractivity contribution is 6.43. The van der Waals surface area contributed by atoms with Crippen LogP contribution in [0.2, 0.25) is 0 Å². The minimum absolute atomic E-state index is 0.0669. The van der Waals surface area contributed by atoms with Gasteiger partial charge in [0, 0.05) is 11.3 Å². The van der Waals surface area contributed by atoms with E-state index in [2.05, 4.69) is 5.16 Å². The summed E-state index contributed by atoms with van der Waals surface area (Å²) in [6.07, 6.45) is 0. The first kappa shape index (κ1) is 18.5. The summed E-state index contributed by atoms with van der Waals surface area (Å²) in [5.41, 5.74) is 5.91. The third-order valence-electron chi connectivity index (χ3n) is 2.39. The third-order valence-corrected chi connectivity index (χ3v) is 2.39. The van der Waals surface area contributed by atoms with Crippen molar-refractivity contribution in [1.29, 1.82) is 0 Å². The van der Waals surface area contributed by atoms with Gasteiger partial charge in [-0.1, -0.05) is 17.3 Å². The van der Waals surface area contributed by atoms with Gasteiger partial charge in [-0.2, -0.15) is 0 Å². The van der Waals surface area contributed by atoms with Gasteiger partial charge in [0.05, 0.1) is 6.61 Å². The number of nitrogens with zero attached hydrogens (tertiary/aromatic N) is 1. The first-order chi connectivity index (χ1) is 10.7. The monoisotopic (exact) mass is 322 g/mol. The molecule has 0 bridgehead atoms. The predicted octanol–water partition coefficient (Wildman–Crippen LogP) is 1.89. The van der Waals surface area contributed by atoms with Crippen molar-refractivity contribution in [2.75, 3.05) is 18.9 Å². The minimum atomic E-state index is -0.665. The second kappa shape index (κ2) is 8.17. The molecule has 0 heterocycles. The lowest BCUT2D eigenvalue weighted by molar-refractivity contribution is -0.160. The zero-order valence-corrected chi connectivity index (χ0v) is 13.8. The van der Waals surface area contributed by atoms with Crippen LogP contribution in [-0.2, 0) is 23.9 Å². The third kappa shape index (κ3) is 6.82. The lowest BCUT2D eigenvalue weighted by Crippen LogP contribution is -2.26. The van der Waals surface area contributed by atoms with Crippen LogP contribution >= 0.6 is 0 Å². The van der Waals surface area contributed by atoms with Gasteiger partial charge in [-0.25, -0.2) is 9.59 Å². The Morgan fingerprint density at radius 3 is 2.52 bits per heavy atom. The van der Waals surface area contributed by atoms with Gasteiger partial charge in [0.2, 0.25) is 6.61 Å². The zero-order valence-electron chi connectivity index (χ0n) is 13.8. The van der Waals surface area contributed by atoms with Crippen molar-refractivity contribution in [1.82, 2.24) is 0 Å². The maximum absolute atomic E-state index is 12.0. The van der Waals surface area contributed by atoms with Crippen LogP contribution < -0.4 is 5.73 Å². The van der Waals surface area contributed by atoms with Crippen LogP contribution in [0.5, 0.6) is 0 Å². The van der Waals surface area contributed by atoms with E-state index in [4.69, 9.17) is 20.0 Å². The van der Waals surface area contributed by atoms with E-state index in [0.717, 1.165) is 0 Å². The van der Waals surface area contributed by atoms with Crippen LogP contribution in [0.15, 0.2) is 29.4 Å². The molecule has 0 aliphatic carbocycles. The normalized spacial score (nSPS) is 11.7. The van der Waals surface area contributed by atoms with Crippen molar-refractivity contribution >= 4 is 23.3 Å². The Morgan fingerprint density at radius 2 is 1.96 bits per heavy atom. The number of esters is 2. The molecular formula is C16H22N2O5. The standard InChI is InChI=1S/C16H22N2O5/c1-5-21-15(20)14(11-7-6-8-12(17)9-11)18-22-10-13(19)23-16(2,3)4/h6-9H,5,10,17H2,1-4H3/b18-14+. The van der Waals surface area contributed by atoms with Gasteiger partial charge < -0.3 is 20.0 Å². The lowest BCUT2D eigenvalue weighted by atomic mass is 10.1. The summed E-state index contributed by atoms with van der Waals surface area (Å²) in [6, 6.07) is 6.55. The average molecular weight is 322 g/mol. The molecule has 126 valence electrons. The Hall–Kier alpha value is -2.57. The molecule has 0 fully saturated rings. The minimum Gasteiger partial charge on any atom is -0.461 e. The number of nitrogen functional groups attached to an aromatic ring is 1. The maximum Gasteiger partial charge on any atom is 0.361 e. The SMILES string of the molecule is CCOC(=O)/C(=N/OCC(=O)OC(C)(C)C)c1cccc(N)c1. The van der Waals surface area contributed by atoms with Gasteiger partial charge in [-0.3, -0.25) is 0 Å². The zero-order chi connectivity index (χ0) is 17.5. The smallest absolute Gasteiger partial charge is 0.361 e. The van der Waals surface area contributed by atoms with E-state index in [1.54, 1.807) is 52.0 Å². The average Bonchev–Trinajstić information content (AvgIpc) is 2.41. The molecule has 7 nitrogen and oxygen atoms in total. The molecule has 0 aliphatic rings. The fourth-order valence-electron chi connectivity index (χ4n) is 1.61. The van der Waals surface area contributed by atoms with Crippen molar-refractivity contribution in [2.24, 2.45) is 5.16 Å². The predicted molar refractivity (Wildman–Crippen MR) is 85.8 cm³/mol. The number of hydrogen-bond donors (Lipinski definition) is 1. The first-order valence-corrected chi connectivity index (χ1v) is 7.17. The van der Waals surface area contributed by atoms with Gasteiger partial charge in [-0.15, -0.1) is 0 Å². The van der Waals surface area contributed by atoms with Gasteiger partial charge >= 0.3 is 11.9 Å². The Kier molecular flexibility index (Phi) is 6.56. The number of benzene rings is 1. The lowest BCUT2D eigenvalue weighted by Gasteiger charge is -2.18. The number of rotatable bonds is 6. The summed E-state index contributed by atoms with van der Waals surface area (Å²) in [5.74, 6) is -1.25. The molecule has 1 rings (SSSR count). The molecule has 0 saturated carbocycles. The first-order valence-electron chi connectivity index (χ1n) is 7.17. The van der Waals surface area contributed by atoms with E-state index in [1.807, 2.05) is 0 Å². The Balaban J connectivity index is 2.84. The van der Waals surface area contributed by atoms with E-state index in [-0.39, 0.29) is 12.3 Å². The maximum atomic E-state index is 12.0. The number of ether oxygens (including phenoxy) is 2. The van der Waals surface area contributed by atoms with Crippen LogP contribution in [0, 0.1) is 0 Å². The highest BCUT2D eigenvalue weighted by Gasteiger charge is 2.19. The van der Waals surface area contributed by atoms with Gasteiger partial charge in [0.25, 0.3) is 0 Å². The van der Waals surface area contributed by atoms with Crippen molar-refractivity contribution < 1.29 is 23.9 Å². The fourth-order valence-corrected chi connectivity index (χ4v) is 1.61. The Morgan fingerprint density at radius 1 is 1.26 bits per heavy atom. The van der Waals surface area contributed by atoms with E-state index < -0.39 is 24.1 Å². The van der Waals surface area contributed by atoms with Crippen LogP contribution in [0.4, 0.5) is 5.69 Å². The summed E-state index contributed by atoms with van der Waals surface area (Å²) in [5, 5.41) is 3.71. The number of oxime groups is 1. The summed E-state index contributed by atoms with van der Waals surface area (Å²) < 4.78 is 10.0. The number of anilines is 1. The second-order valence-corrected chi connectivity index (χ2v) is 5.65. The van der Waals surface area contributed by atoms with Gasteiger partial charge in [-0.05, 0) is 39.8 Å². The molecule has 0 amide bonds. The molecule has 1 aromatic rings. The molecular weight excluding hydrogens is 300 g/mol. The summed E-state index contributed by atoms with van der Waals surface area (Å²) in [6.45, 7) is 6.67. The fraction of sp³-hybridized carbons (Fsp3) is 0.438. The molecule has 0 saturated heterocycles. The Labute approximate surface area is 135 Å². The largest absolute Gasteiger partial charge is 0.461 e. The summed E-state index contributed by atoms with van der Waals surface area (Å²) in [7, 11) is 0. The van der Waals surface area contributed by atoms with Crippen molar-refractivity contribution in [2.45, 2.75) is 33.3 Å². The molecule has 0 spiro atoms. The molecule has 1 aromatic carbocycles. The van der Waals surface area contributed by atoms with Crippen LogP contribution in [-0.4, -0.2) is 36.5 Å². The van der Waals surface area contributed by atoms with Crippen LogP contribution in [0.3, 0.4) is 0 Å². The van der Waals surface area contributed by atoms with Crippen LogP contribution in [0.25, 0.3) is 0 Å². The van der Waals surface area contributed by atoms with Gasteiger partial charge in [0.15, 0.2) is 5.71 Å². The molecule has 23 heavy (non-hydrogen) atoms. The summed E-state index contributed by atoms with van der Waals surface area (Å²) in [4.78, 5) is 28.5. The molecule has 0 aliphatic heterocycles. The molecule has 2 N–H and O–H groups in total. The molecule has 0 unspecified atom stereocenters. The molecule has 0 radical (unpaired) electrons. The quantitative estimate of drug-likeness (QED) is 0.371. The van der Waals surface area contributed by atoms with E-state index in [9.17, 15) is 9.59 Å². The van der Waals surface area contributed by atoms with Crippen molar-refractivity contribution in [3.63, 3.8) is 0 Å². The second-order valence-electron chi connectivity index (χ2n) is 5.65. The molecule has 0 atom stereocenters. The molecule has 7 heteroatoms. The van der Waals surface area contributed by atoms with E-state index >= 15 is 0 Å². The highest BCUT2D eigenvalue weighted by Crippen LogP contribution is 2.10. The van der Waals surface area contributed by atoms with E-state index in [1.165, 1.54) is 0 Å². The number of nitrogens with two attached hydrogens (primary N) is 1.